The normalized spacial score (nSPS) is 14.4. The van der Waals surface area contributed by atoms with Gasteiger partial charge in [0.15, 0.2) is 12.4 Å². The molecule has 0 aliphatic carbocycles. The van der Waals surface area contributed by atoms with E-state index in [0.29, 0.717) is 18.8 Å². The molecule has 1 aliphatic heterocycles. The van der Waals surface area contributed by atoms with Crippen LogP contribution < -0.4 is 5.32 Å². The molecule has 1 fully saturated rings. The van der Waals surface area contributed by atoms with Gasteiger partial charge in [-0.3, -0.25) is 10.1 Å². The minimum Gasteiger partial charge on any atom is -0.454 e. The van der Waals surface area contributed by atoms with Gasteiger partial charge in [0.2, 0.25) is 10.0 Å². The van der Waals surface area contributed by atoms with Gasteiger partial charge in [-0.05, 0) is 76.1 Å². The summed E-state index contributed by atoms with van der Waals surface area (Å²) in [5.74, 6) is -1.21. The first-order valence-corrected chi connectivity index (χ1v) is 12.3. The first-order chi connectivity index (χ1) is 16.0. The lowest BCUT2D eigenvalue weighted by atomic mass is 10.1. The molecule has 1 N–H and O–H groups in total. The van der Waals surface area contributed by atoms with Crippen molar-refractivity contribution in [2.75, 3.05) is 25.0 Å². The SMILES string of the molecule is CC(C)(C)OC(=O)Nc1cccc(C(=O)OCC(=O)c2ccc(S(=O)(=O)N3CCCC3)cc2)c1. The van der Waals surface area contributed by atoms with Crippen molar-refractivity contribution in [1.82, 2.24) is 4.31 Å². The minimum atomic E-state index is -3.57. The maximum Gasteiger partial charge on any atom is 0.412 e. The number of anilines is 1. The first kappa shape index (κ1) is 25.4. The standard InChI is InChI=1S/C24H28N2O7S/c1-24(2,3)33-23(29)25-19-8-6-7-18(15-19)22(28)32-16-21(27)17-9-11-20(12-10-17)34(30,31)26-13-4-5-14-26/h6-12,15H,4-5,13-14,16H2,1-3H3,(H,25,29). The van der Waals surface area contributed by atoms with Crippen molar-refractivity contribution in [3.63, 3.8) is 0 Å². The second-order valence-corrected chi connectivity index (χ2v) is 10.8. The van der Waals surface area contributed by atoms with Crippen molar-refractivity contribution >= 4 is 33.6 Å². The average Bonchev–Trinajstić information content (AvgIpc) is 3.32. The summed E-state index contributed by atoms with van der Waals surface area (Å²) in [4.78, 5) is 36.8. The minimum absolute atomic E-state index is 0.122. The molecule has 1 saturated heterocycles. The fourth-order valence-electron chi connectivity index (χ4n) is 3.33. The molecule has 34 heavy (non-hydrogen) atoms. The van der Waals surface area contributed by atoms with E-state index in [4.69, 9.17) is 9.47 Å². The van der Waals surface area contributed by atoms with Crippen molar-refractivity contribution in [1.29, 1.82) is 0 Å². The highest BCUT2D eigenvalue weighted by molar-refractivity contribution is 7.89. The summed E-state index contributed by atoms with van der Waals surface area (Å²) in [6, 6.07) is 11.6. The van der Waals surface area contributed by atoms with Crippen LogP contribution in [0.4, 0.5) is 10.5 Å². The summed E-state index contributed by atoms with van der Waals surface area (Å²) in [6.07, 6.45) is 1.01. The predicted octanol–water partition coefficient (Wildman–Crippen LogP) is 3.86. The van der Waals surface area contributed by atoms with E-state index in [-0.39, 0.29) is 16.0 Å². The summed E-state index contributed by atoms with van der Waals surface area (Å²) in [5, 5.41) is 2.53. The molecule has 0 radical (unpaired) electrons. The lowest BCUT2D eigenvalue weighted by Crippen LogP contribution is -2.27. The second kappa shape index (κ2) is 10.4. The summed E-state index contributed by atoms with van der Waals surface area (Å²) in [6.45, 7) is 5.67. The molecule has 3 rings (SSSR count). The van der Waals surface area contributed by atoms with Crippen LogP contribution in [0.1, 0.15) is 54.3 Å². The summed E-state index contributed by atoms with van der Waals surface area (Å²) < 4.78 is 36.9. The number of esters is 1. The number of rotatable bonds is 7. The molecule has 0 atom stereocenters. The van der Waals surface area contributed by atoms with Crippen molar-refractivity contribution in [3.8, 4) is 0 Å². The number of nitrogens with one attached hydrogen (secondary N) is 1. The number of carbonyl (C=O) groups excluding carboxylic acids is 3. The monoisotopic (exact) mass is 488 g/mol. The first-order valence-electron chi connectivity index (χ1n) is 10.9. The fourth-order valence-corrected chi connectivity index (χ4v) is 4.85. The van der Waals surface area contributed by atoms with Crippen LogP contribution in [0.5, 0.6) is 0 Å². The Bertz CT molecular complexity index is 1160. The third kappa shape index (κ3) is 6.64. The van der Waals surface area contributed by atoms with E-state index in [0.717, 1.165) is 12.8 Å². The second-order valence-electron chi connectivity index (χ2n) is 8.84. The predicted molar refractivity (Wildman–Crippen MR) is 125 cm³/mol. The highest BCUT2D eigenvalue weighted by Crippen LogP contribution is 2.21. The van der Waals surface area contributed by atoms with Crippen LogP contribution in [-0.4, -0.2) is 55.9 Å². The van der Waals surface area contributed by atoms with E-state index in [1.54, 1.807) is 32.9 Å². The van der Waals surface area contributed by atoms with Crippen LogP contribution in [-0.2, 0) is 19.5 Å². The largest absolute Gasteiger partial charge is 0.454 e. The number of ketones is 1. The molecule has 182 valence electrons. The zero-order valence-corrected chi connectivity index (χ0v) is 20.2. The third-order valence-electron chi connectivity index (χ3n) is 4.96. The molecule has 1 heterocycles. The number of nitrogens with zero attached hydrogens (tertiary/aromatic N) is 1. The van der Waals surface area contributed by atoms with E-state index in [1.165, 1.54) is 40.7 Å². The Labute approximate surface area is 199 Å². The number of sulfonamides is 1. The van der Waals surface area contributed by atoms with Crippen LogP contribution in [0.2, 0.25) is 0 Å². The molecule has 10 heteroatoms. The van der Waals surface area contributed by atoms with Crippen molar-refractivity contribution < 1.29 is 32.3 Å². The Morgan fingerprint density at radius 2 is 1.62 bits per heavy atom. The van der Waals surface area contributed by atoms with E-state index in [9.17, 15) is 22.8 Å². The van der Waals surface area contributed by atoms with Gasteiger partial charge in [-0.1, -0.05) is 6.07 Å². The van der Waals surface area contributed by atoms with Gasteiger partial charge < -0.3 is 9.47 Å². The highest BCUT2D eigenvalue weighted by Gasteiger charge is 2.27. The highest BCUT2D eigenvalue weighted by atomic mass is 32.2. The Balaban J connectivity index is 1.57. The number of Topliss-reactive ketones (excluding diaryl/α,β-unsaturated/α-hetero) is 1. The van der Waals surface area contributed by atoms with Gasteiger partial charge in [0, 0.05) is 24.3 Å². The van der Waals surface area contributed by atoms with Gasteiger partial charge in [0.25, 0.3) is 0 Å². The van der Waals surface area contributed by atoms with Gasteiger partial charge in [0.05, 0.1) is 10.5 Å². The Morgan fingerprint density at radius 1 is 0.971 bits per heavy atom. The lowest BCUT2D eigenvalue weighted by molar-refractivity contribution is 0.0474. The summed E-state index contributed by atoms with van der Waals surface area (Å²) in [5.41, 5.74) is 0.0455. The van der Waals surface area contributed by atoms with E-state index in [1.807, 2.05) is 0 Å². The van der Waals surface area contributed by atoms with Gasteiger partial charge in [0.1, 0.15) is 5.60 Å². The summed E-state index contributed by atoms with van der Waals surface area (Å²) >= 11 is 0. The van der Waals surface area contributed by atoms with Crippen molar-refractivity contribution in [2.45, 2.75) is 44.1 Å². The molecule has 0 unspecified atom stereocenters. The molecule has 2 aromatic rings. The Morgan fingerprint density at radius 3 is 2.24 bits per heavy atom. The molecule has 1 amide bonds. The topological polar surface area (TPSA) is 119 Å². The van der Waals surface area contributed by atoms with Crippen LogP contribution in [0.15, 0.2) is 53.4 Å². The summed E-state index contributed by atoms with van der Waals surface area (Å²) in [7, 11) is -3.57. The Hall–Kier alpha value is -3.24. The van der Waals surface area contributed by atoms with Crippen molar-refractivity contribution in [2.24, 2.45) is 0 Å². The number of carbonyl (C=O) groups is 3. The molecule has 9 nitrogen and oxygen atoms in total. The Kier molecular flexibility index (Phi) is 7.73. The van der Waals surface area contributed by atoms with E-state index < -0.39 is 40.1 Å². The molecule has 0 spiro atoms. The van der Waals surface area contributed by atoms with Crippen LogP contribution in [0.25, 0.3) is 0 Å². The number of ether oxygens (including phenoxy) is 2. The van der Waals surface area contributed by atoms with Gasteiger partial charge in [-0.25, -0.2) is 18.0 Å². The third-order valence-corrected chi connectivity index (χ3v) is 6.87. The van der Waals surface area contributed by atoms with E-state index in [2.05, 4.69) is 5.32 Å². The van der Waals surface area contributed by atoms with Crippen LogP contribution in [0, 0.1) is 0 Å². The van der Waals surface area contributed by atoms with Crippen molar-refractivity contribution in [3.05, 3.63) is 59.7 Å². The van der Waals surface area contributed by atoms with E-state index >= 15 is 0 Å². The smallest absolute Gasteiger partial charge is 0.412 e. The maximum atomic E-state index is 12.6. The van der Waals surface area contributed by atoms with Gasteiger partial charge in [-0.15, -0.1) is 0 Å². The van der Waals surface area contributed by atoms with Crippen LogP contribution >= 0.6 is 0 Å². The molecule has 0 aromatic heterocycles. The molecule has 1 aliphatic rings. The molecular formula is C24H28N2O7S. The maximum absolute atomic E-state index is 12.6. The molecular weight excluding hydrogens is 460 g/mol. The number of benzene rings is 2. The molecule has 0 saturated carbocycles. The average molecular weight is 489 g/mol. The van der Waals surface area contributed by atoms with Gasteiger partial charge >= 0.3 is 12.1 Å². The number of hydrogen-bond acceptors (Lipinski definition) is 7. The zero-order chi connectivity index (χ0) is 24.9. The quantitative estimate of drug-likeness (QED) is 0.464. The number of amides is 1. The molecule has 2 aromatic carbocycles. The van der Waals surface area contributed by atoms with Crippen LogP contribution in [0.3, 0.4) is 0 Å². The fraction of sp³-hybridized carbons (Fsp3) is 0.375. The molecule has 0 bridgehead atoms. The number of hydrogen-bond donors (Lipinski definition) is 1. The zero-order valence-electron chi connectivity index (χ0n) is 19.4. The lowest BCUT2D eigenvalue weighted by Gasteiger charge is -2.19. The van der Waals surface area contributed by atoms with Gasteiger partial charge in [-0.2, -0.15) is 4.31 Å².